The Labute approximate surface area is 86.9 Å². The van der Waals surface area contributed by atoms with Crippen molar-refractivity contribution in [2.24, 2.45) is 0 Å². The molecule has 1 aromatic rings. The van der Waals surface area contributed by atoms with Crippen molar-refractivity contribution in [3.05, 3.63) is 17.0 Å². The number of aromatic nitrogens is 2. The largest absolute Gasteiger partial charge is 0.356 e. The third kappa shape index (κ3) is 1.85. The summed E-state index contributed by atoms with van der Waals surface area (Å²) in [5, 5.41) is 0.136. The van der Waals surface area contributed by atoms with Gasteiger partial charge in [-0.1, -0.05) is 0 Å². The molecule has 0 spiro atoms. The van der Waals surface area contributed by atoms with E-state index in [1.807, 2.05) is 0 Å². The maximum Gasteiger partial charge on any atom is 0.224 e. The van der Waals surface area contributed by atoms with Gasteiger partial charge in [0, 0.05) is 19.2 Å². The maximum atomic E-state index is 10.6. The molecule has 5 heteroatoms. The fourth-order valence-corrected chi connectivity index (χ4v) is 1.78. The molecule has 0 saturated carbocycles. The molecule has 2 heterocycles. The van der Waals surface area contributed by atoms with Gasteiger partial charge in [0.25, 0.3) is 0 Å². The molecular weight excluding hydrogens is 202 g/mol. The van der Waals surface area contributed by atoms with E-state index in [0.29, 0.717) is 12.0 Å². The van der Waals surface area contributed by atoms with E-state index in [-0.39, 0.29) is 5.28 Å². The van der Waals surface area contributed by atoms with E-state index >= 15 is 0 Å². The molecular formula is C9H10ClN3O. The Morgan fingerprint density at radius 1 is 1.36 bits per heavy atom. The standard InChI is InChI=1S/C9H10ClN3O/c10-9-11-7(6-14)5-8(12-9)13-3-1-2-4-13/h5-6H,1-4H2. The van der Waals surface area contributed by atoms with Gasteiger partial charge in [-0.2, -0.15) is 0 Å². The van der Waals surface area contributed by atoms with Crippen LogP contribution >= 0.6 is 11.6 Å². The summed E-state index contributed by atoms with van der Waals surface area (Å²) in [6.45, 7) is 1.96. The zero-order valence-electron chi connectivity index (χ0n) is 7.61. The quantitative estimate of drug-likeness (QED) is 0.550. The van der Waals surface area contributed by atoms with Gasteiger partial charge in [-0.3, -0.25) is 4.79 Å². The van der Waals surface area contributed by atoms with Gasteiger partial charge < -0.3 is 4.90 Å². The van der Waals surface area contributed by atoms with Crippen LogP contribution in [0.15, 0.2) is 6.07 Å². The van der Waals surface area contributed by atoms with Crippen molar-refractivity contribution in [3.63, 3.8) is 0 Å². The van der Waals surface area contributed by atoms with Crippen LogP contribution in [-0.4, -0.2) is 29.3 Å². The van der Waals surface area contributed by atoms with Crippen molar-refractivity contribution in [2.45, 2.75) is 12.8 Å². The fraction of sp³-hybridized carbons (Fsp3) is 0.444. The number of hydrogen-bond acceptors (Lipinski definition) is 4. The number of carbonyl (C=O) groups excluding carboxylic acids is 1. The second kappa shape index (κ2) is 3.92. The van der Waals surface area contributed by atoms with Crippen LogP contribution < -0.4 is 4.90 Å². The molecule has 1 aromatic heterocycles. The van der Waals surface area contributed by atoms with Gasteiger partial charge in [-0.15, -0.1) is 0 Å². The minimum absolute atomic E-state index is 0.136. The normalized spacial score (nSPS) is 15.9. The summed E-state index contributed by atoms with van der Waals surface area (Å²) in [7, 11) is 0. The van der Waals surface area contributed by atoms with Crippen molar-refractivity contribution >= 4 is 23.7 Å². The maximum absolute atomic E-state index is 10.6. The topological polar surface area (TPSA) is 46.1 Å². The number of hydrogen-bond donors (Lipinski definition) is 0. The van der Waals surface area contributed by atoms with E-state index in [2.05, 4.69) is 14.9 Å². The second-order valence-corrected chi connectivity index (χ2v) is 3.57. The van der Waals surface area contributed by atoms with Crippen molar-refractivity contribution < 1.29 is 4.79 Å². The summed E-state index contributed by atoms with van der Waals surface area (Å²) in [6, 6.07) is 1.67. The van der Waals surface area contributed by atoms with Crippen LogP contribution in [0.3, 0.4) is 0 Å². The summed E-state index contributed by atoms with van der Waals surface area (Å²) in [5.41, 5.74) is 0.340. The Morgan fingerprint density at radius 2 is 2.07 bits per heavy atom. The van der Waals surface area contributed by atoms with Gasteiger partial charge in [0.05, 0.1) is 0 Å². The van der Waals surface area contributed by atoms with Crippen LogP contribution in [0, 0.1) is 0 Å². The van der Waals surface area contributed by atoms with E-state index in [1.165, 1.54) is 0 Å². The number of rotatable bonds is 2. The van der Waals surface area contributed by atoms with E-state index in [9.17, 15) is 4.79 Å². The molecule has 0 bridgehead atoms. The zero-order chi connectivity index (χ0) is 9.97. The molecule has 4 nitrogen and oxygen atoms in total. The smallest absolute Gasteiger partial charge is 0.224 e. The second-order valence-electron chi connectivity index (χ2n) is 3.23. The third-order valence-electron chi connectivity index (χ3n) is 2.26. The van der Waals surface area contributed by atoms with Crippen molar-refractivity contribution in [1.29, 1.82) is 0 Å². The molecule has 0 atom stereocenters. The number of aldehydes is 1. The van der Waals surface area contributed by atoms with Crippen LogP contribution in [0.1, 0.15) is 23.3 Å². The van der Waals surface area contributed by atoms with Gasteiger partial charge in [0.1, 0.15) is 11.5 Å². The zero-order valence-corrected chi connectivity index (χ0v) is 8.37. The lowest BCUT2D eigenvalue weighted by Crippen LogP contribution is -2.19. The Bertz CT molecular complexity index is 350. The molecule has 14 heavy (non-hydrogen) atoms. The number of anilines is 1. The van der Waals surface area contributed by atoms with Gasteiger partial charge in [0.15, 0.2) is 6.29 Å². The lowest BCUT2D eigenvalue weighted by atomic mass is 10.4. The molecule has 0 amide bonds. The summed E-state index contributed by atoms with van der Waals surface area (Å²) in [4.78, 5) is 20.5. The highest BCUT2D eigenvalue weighted by Crippen LogP contribution is 2.19. The Hall–Kier alpha value is -1.16. The first-order valence-electron chi connectivity index (χ1n) is 4.54. The molecule has 1 aliphatic rings. The third-order valence-corrected chi connectivity index (χ3v) is 2.42. The highest BCUT2D eigenvalue weighted by molar-refractivity contribution is 6.28. The molecule has 74 valence electrons. The molecule has 1 aliphatic heterocycles. The molecule has 0 aromatic carbocycles. The van der Waals surface area contributed by atoms with Crippen molar-refractivity contribution in [1.82, 2.24) is 9.97 Å². The van der Waals surface area contributed by atoms with Crippen LogP contribution in [0.4, 0.5) is 5.82 Å². The molecule has 0 N–H and O–H groups in total. The molecule has 1 fully saturated rings. The van der Waals surface area contributed by atoms with Gasteiger partial charge in [0.2, 0.25) is 5.28 Å². The summed E-state index contributed by atoms with van der Waals surface area (Å²) >= 11 is 5.70. The van der Waals surface area contributed by atoms with Gasteiger partial charge in [-0.05, 0) is 24.4 Å². The molecule has 0 unspecified atom stereocenters. The Balaban J connectivity index is 2.31. The van der Waals surface area contributed by atoms with E-state index in [4.69, 9.17) is 11.6 Å². The Kier molecular flexibility index (Phi) is 2.63. The minimum Gasteiger partial charge on any atom is -0.356 e. The number of halogens is 1. The lowest BCUT2D eigenvalue weighted by Gasteiger charge is -2.15. The molecule has 0 radical (unpaired) electrons. The average molecular weight is 212 g/mol. The van der Waals surface area contributed by atoms with E-state index in [1.54, 1.807) is 6.07 Å². The Morgan fingerprint density at radius 3 is 2.71 bits per heavy atom. The van der Waals surface area contributed by atoms with Crippen LogP contribution in [0.5, 0.6) is 0 Å². The van der Waals surface area contributed by atoms with Crippen LogP contribution in [0.25, 0.3) is 0 Å². The molecule has 1 saturated heterocycles. The monoisotopic (exact) mass is 211 g/mol. The van der Waals surface area contributed by atoms with Crippen molar-refractivity contribution in [3.8, 4) is 0 Å². The lowest BCUT2D eigenvalue weighted by molar-refractivity contribution is 0.111. The molecule has 0 aliphatic carbocycles. The first-order valence-corrected chi connectivity index (χ1v) is 4.92. The summed E-state index contributed by atoms with van der Waals surface area (Å²) < 4.78 is 0. The van der Waals surface area contributed by atoms with E-state index in [0.717, 1.165) is 31.7 Å². The fourth-order valence-electron chi connectivity index (χ4n) is 1.59. The van der Waals surface area contributed by atoms with Gasteiger partial charge in [-0.25, -0.2) is 9.97 Å². The van der Waals surface area contributed by atoms with Gasteiger partial charge >= 0.3 is 0 Å². The highest BCUT2D eigenvalue weighted by Gasteiger charge is 2.14. The predicted molar refractivity (Wildman–Crippen MR) is 53.9 cm³/mol. The first kappa shape index (κ1) is 9.40. The van der Waals surface area contributed by atoms with E-state index < -0.39 is 0 Å². The first-order chi connectivity index (χ1) is 6.79. The predicted octanol–water partition coefficient (Wildman–Crippen LogP) is 1.54. The number of nitrogens with zero attached hydrogens (tertiary/aromatic N) is 3. The SMILES string of the molecule is O=Cc1cc(N2CCCC2)nc(Cl)n1. The summed E-state index contributed by atoms with van der Waals surface area (Å²) in [6.07, 6.45) is 3.02. The molecule has 2 rings (SSSR count). The minimum atomic E-state index is 0.136. The average Bonchev–Trinajstić information content (AvgIpc) is 2.69. The van der Waals surface area contributed by atoms with Crippen LogP contribution in [-0.2, 0) is 0 Å². The highest BCUT2D eigenvalue weighted by atomic mass is 35.5. The summed E-state index contributed by atoms with van der Waals surface area (Å²) in [5.74, 6) is 0.754. The number of carbonyl (C=O) groups is 1. The van der Waals surface area contributed by atoms with Crippen LogP contribution in [0.2, 0.25) is 5.28 Å². The van der Waals surface area contributed by atoms with Crippen molar-refractivity contribution in [2.75, 3.05) is 18.0 Å².